The van der Waals surface area contributed by atoms with E-state index in [9.17, 15) is 4.79 Å². The largest absolute Gasteiger partial charge is 0.341 e. The van der Waals surface area contributed by atoms with Crippen molar-refractivity contribution in [3.63, 3.8) is 0 Å². The van der Waals surface area contributed by atoms with Crippen LogP contribution >= 0.6 is 0 Å². The molecule has 1 aliphatic carbocycles. The molecule has 1 aromatic carbocycles. The molecule has 0 radical (unpaired) electrons. The highest BCUT2D eigenvalue weighted by atomic mass is 16.2. The van der Waals surface area contributed by atoms with Crippen LogP contribution in [0, 0.1) is 0 Å². The summed E-state index contributed by atoms with van der Waals surface area (Å²) in [4.78, 5) is 16.7. The Morgan fingerprint density at radius 3 is 2.89 bits per heavy atom. The van der Waals surface area contributed by atoms with Gasteiger partial charge in [-0.25, -0.2) is 0 Å². The van der Waals surface area contributed by atoms with Crippen molar-refractivity contribution in [3.05, 3.63) is 35.4 Å². The molecule has 1 heterocycles. The number of guanidine groups is 1. The summed E-state index contributed by atoms with van der Waals surface area (Å²) in [6.45, 7) is 2.82. The van der Waals surface area contributed by atoms with E-state index in [2.05, 4.69) is 40.7 Å². The molecule has 1 saturated heterocycles. The molecule has 1 spiro atoms. The Bertz CT molecular complexity index is 538. The maximum absolute atomic E-state index is 12.3. The molecule has 0 aromatic heterocycles. The molecule has 4 heteroatoms. The average molecular weight is 257 g/mol. The number of hydrogen-bond donors (Lipinski definition) is 2. The van der Waals surface area contributed by atoms with Crippen molar-refractivity contribution in [1.29, 1.82) is 0 Å². The topological polar surface area (TPSA) is 53.5 Å². The van der Waals surface area contributed by atoms with Gasteiger partial charge in [0.25, 0.3) is 5.91 Å². The third kappa shape index (κ3) is 2.11. The first kappa shape index (κ1) is 12.2. The van der Waals surface area contributed by atoms with E-state index in [4.69, 9.17) is 0 Å². The van der Waals surface area contributed by atoms with Crippen LogP contribution in [-0.2, 0) is 17.6 Å². The highest BCUT2D eigenvalue weighted by Gasteiger charge is 2.46. The smallest absolute Gasteiger partial charge is 0.252 e. The zero-order chi connectivity index (χ0) is 13.3. The Kier molecular flexibility index (Phi) is 3.01. The number of carbonyl (C=O) groups is 1. The summed E-state index contributed by atoms with van der Waals surface area (Å²) in [7, 11) is 0. The number of nitrogens with zero attached hydrogens (tertiary/aromatic N) is 1. The summed E-state index contributed by atoms with van der Waals surface area (Å²) in [6, 6.07) is 8.37. The summed E-state index contributed by atoms with van der Waals surface area (Å²) < 4.78 is 0. The number of nitrogens with one attached hydrogen (secondary N) is 2. The zero-order valence-electron chi connectivity index (χ0n) is 11.2. The number of aryl methyl sites for hydroxylation is 1. The number of aliphatic imine (C=N–C) groups is 1. The van der Waals surface area contributed by atoms with Gasteiger partial charge < -0.3 is 5.32 Å². The summed E-state index contributed by atoms with van der Waals surface area (Å²) in [5.41, 5.74) is 2.15. The van der Waals surface area contributed by atoms with E-state index in [0.29, 0.717) is 5.96 Å². The predicted molar refractivity (Wildman–Crippen MR) is 75.1 cm³/mol. The molecule has 1 fully saturated rings. The van der Waals surface area contributed by atoms with Gasteiger partial charge in [-0.1, -0.05) is 31.2 Å². The molecule has 2 aliphatic rings. The lowest BCUT2D eigenvalue weighted by Gasteiger charge is -2.32. The molecule has 100 valence electrons. The second kappa shape index (κ2) is 4.68. The SMILES string of the molecule is CCCN=C1NC(=O)C2(CCc3ccccc3C2)N1. The molecular weight excluding hydrogens is 238 g/mol. The second-order valence-electron chi connectivity index (χ2n) is 5.34. The standard InChI is InChI=1S/C15H19N3O/c1-2-9-16-14-17-13(19)15(18-14)8-7-11-5-3-4-6-12(11)10-15/h3-6H,2,7-10H2,1H3,(H2,16,17,18,19). The normalized spacial score (nSPS) is 27.2. The van der Waals surface area contributed by atoms with Crippen LogP contribution < -0.4 is 10.6 Å². The highest BCUT2D eigenvalue weighted by Crippen LogP contribution is 2.30. The fraction of sp³-hybridized carbons (Fsp3) is 0.467. The van der Waals surface area contributed by atoms with Crippen LogP contribution in [0.5, 0.6) is 0 Å². The van der Waals surface area contributed by atoms with Crippen LogP contribution in [-0.4, -0.2) is 24.0 Å². The van der Waals surface area contributed by atoms with E-state index in [1.165, 1.54) is 11.1 Å². The minimum atomic E-state index is -0.485. The lowest BCUT2D eigenvalue weighted by Crippen LogP contribution is -2.51. The molecule has 1 unspecified atom stereocenters. The van der Waals surface area contributed by atoms with E-state index in [-0.39, 0.29) is 5.91 Å². The molecule has 1 aromatic rings. The molecule has 19 heavy (non-hydrogen) atoms. The van der Waals surface area contributed by atoms with Crippen LogP contribution in [0.4, 0.5) is 0 Å². The van der Waals surface area contributed by atoms with Crippen LogP contribution in [0.1, 0.15) is 30.9 Å². The van der Waals surface area contributed by atoms with Gasteiger partial charge in [-0.2, -0.15) is 0 Å². The van der Waals surface area contributed by atoms with Gasteiger partial charge in [-0.15, -0.1) is 0 Å². The van der Waals surface area contributed by atoms with Crippen molar-refractivity contribution in [2.75, 3.05) is 6.54 Å². The summed E-state index contributed by atoms with van der Waals surface area (Å²) in [5, 5.41) is 6.20. The Morgan fingerprint density at radius 2 is 2.11 bits per heavy atom. The number of carbonyl (C=O) groups excluding carboxylic acids is 1. The van der Waals surface area contributed by atoms with E-state index in [1.54, 1.807) is 0 Å². The monoisotopic (exact) mass is 257 g/mol. The molecule has 2 N–H and O–H groups in total. The Hall–Kier alpha value is -1.84. The number of benzene rings is 1. The van der Waals surface area contributed by atoms with Crippen molar-refractivity contribution < 1.29 is 4.79 Å². The molecule has 3 rings (SSSR count). The first-order chi connectivity index (χ1) is 9.23. The van der Waals surface area contributed by atoms with Gasteiger partial charge in [-0.05, 0) is 30.4 Å². The second-order valence-corrected chi connectivity index (χ2v) is 5.34. The molecular formula is C15H19N3O. The van der Waals surface area contributed by atoms with Crippen molar-refractivity contribution in [3.8, 4) is 0 Å². The van der Waals surface area contributed by atoms with Gasteiger partial charge in [0.15, 0.2) is 5.96 Å². The number of amides is 1. The van der Waals surface area contributed by atoms with E-state index >= 15 is 0 Å². The van der Waals surface area contributed by atoms with Gasteiger partial charge in [0.1, 0.15) is 5.54 Å². The first-order valence-electron chi connectivity index (χ1n) is 6.94. The Balaban J connectivity index is 1.84. The van der Waals surface area contributed by atoms with Crippen LogP contribution in [0.3, 0.4) is 0 Å². The summed E-state index contributed by atoms with van der Waals surface area (Å²) in [6.07, 6.45) is 3.51. The predicted octanol–water partition coefficient (Wildman–Crippen LogP) is 1.40. The van der Waals surface area contributed by atoms with Gasteiger partial charge in [0.05, 0.1) is 0 Å². The molecule has 4 nitrogen and oxygen atoms in total. The van der Waals surface area contributed by atoms with Gasteiger partial charge in [0.2, 0.25) is 0 Å². The highest BCUT2D eigenvalue weighted by molar-refractivity contribution is 6.09. The van der Waals surface area contributed by atoms with E-state index < -0.39 is 5.54 Å². The zero-order valence-corrected chi connectivity index (χ0v) is 11.2. The first-order valence-corrected chi connectivity index (χ1v) is 6.94. The molecule has 0 saturated carbocycles. The van der Waals surface area contributed by atoms with Crippen molar-refractivity contribution in [2.24, 2.45) is 4.99 Å². The quantitative estimate of drug-likeness (QED) is 0.841. The Labute approximate surface area is 113 Å². The third-order valence-electron chi connectivity index (χ3n) is 3.95. The van der Waals surface area contributed by atoms with Crippen LogP contribution in [0.15, 0.2) is 29.3 Å². The summed E-state index contributed by atoms with van der Waals surface area (Å²) in [5.74, 6) is 0.711. The van der Waals surface area contributed by atoms with Gasteiger partial charge >= 0.3 is 0 Å². The summed E-state index contributed by atoms with van der Waals surface area (Å²) >= 11 is 0. The fourth-order valence-electron chi connectivity index (χ4n) is 2.88. The molecule has 1 aliphatic heterocycles. The minimum absolute atomic E-state index is 0.0665. The number of hydrogen-bond acceptors (Lipinski definition) is 2. The fourth-order valence-corrected chi connectivity index (χ4v) is 2.88. The van der Waals surface area contributed by atoms with Gasteiger partial charge in [-0.3, -0.25) is 15.1 Å². The lowest BCUT2D eigenvalue weighted by molar-refractivity contribution is -0.124. The molecule has 1 atom stereocenters. The average Bonchev–Trinajstić information content (AvgIpc) is 2.73. The van der Waals surface area contributed by atoms with Crippen molar-refractivity contribution >= 4 is 11.9 Å². The molecule has 0 bridgehead atoms. The van der Waals surface area contributed by atoms with E-state index in [1.807, 2.05) is 6.07 Å². The van der Waals surface area contributed by atoms with Crippen molar-refractivity contribution in [1.82, 2.24) is 10.6 Å². The van der Waals surface area contributed by atoms with Crippen LogP contribution in [0.25, 0.3) is 0 Å². The van der Waals surface area contributed by atoms with Crippen molar-refractivity contribution in [2.45, 2.75) is 38.1 Å². The van der Waals surface area contributed by atoms with Crippen LogP contribution in [0.2, 0.25) is 0 Å². The van der Waals surface area contributed by atoms with E-state index in [0.717, 1.165) is 32.2 Å². The number of rotatable bonds is 2. The maximum Gasteiger partial charge on any atom is 0.252 e. The Morgan fingerprint density at radius 1 is 1.32 bits per heavy atom. The lowest BCUT2D eigenvalue weighted by atomic mass is 9.78. The van der Waals surface area contributed by atoms with Gasteiger partial charge in [0, 0.05) is 13.0 Å². The maximum atomic E-state index is 12.3. The minimum Gasteiger partial charge on any atom is -0.341 e. The molecule has 1 amide bonds. The third-order valence-corrected chi connectivity index (χ3v) is 3.95. The number of fused-ring (bicyclic) bond motifs is 1.